The highest BCUT2D eigenvalue weighted by Crippen LogP contribution is 2.28. The first-order chi connectivity index (χ1) is 10.1. The third kappa shape index (κ3) is 5.50. The van der Waals surface area contributed by atoms with Crippen molar-refractivity contribution in [1.29, 1.82) is 0 Å². The molecule has 0 aliphatic heterocycles. The standard InChI is InChI=1S/C17H25NO3/c1-5-7-12-18(3)17(19)11-9-14-8-10-15(21-6-2)16(13-14)20-4/h8-11,13H,5-7,12H2,1-4H3/b11-9+. The Morgan fingerprint density at radius 3 is 2.67 bits per heavy atom. The van der Waals surface area contributed by atoms with Gasteiger partial charge in [0.25, 0.3) is 0 Å². The average Bonchev–Trinajstić information content (AvgIpc) is 2.51. The number of carbonyl (C=O) groups is 1. The second kappa shape index (κ2) is 9.06. The van der Waals surface area contributed by atoms with Gasteiger partial charge in [-0.3, -0.25) is 4.79 Å². The molecule has 0 atom stereocenters. The number of unbranched alkanes of at least 4 members (excludes halogenated alkanes) is 1. The van der Waals surface area contributed by atoms with Crippen molar-refractivity contribution in [2.75, 3.05) is 27.3 Å². The molecule has 4 heteroatoms. The SMILES string of the molecule is CCCCN(C)C(=O)/C=C/c1ccc(OCC)c(OC)c1. The van der Waals surface area contributed by atoms with Crippen molar-refractivity contribution in [2.45, 2.75) is 26.7 Å². The van der Waals surface area contributed by atoms with E-state index >= 15 is 0 Å². The van der Waals surface area contributed by atoms with Gasteiger partial charge < -0.3 is 14.4 Å². The van der Waals surface area contributed by atoms with Gasteiger partial charge in [-0.05, 0) is 37.1 Å². The van der Waals surface area contributed by atoms with E-state index in [-0.39, 0.29) is 5.91 Å². The topological polar surface area (TPSA) is 38.8 Å². The maximum atomic E-state index is 11.9. The van der Waals surface area contributed by atoms with Crippen LogP contribution in [0.1, 0.15) is 32.3 Å². The second-order valence-corrected chi connectivity index (χ2v) is 4.79. The molecular weight excluding hydrogens is 266 g/mol. The van der Waals surface area contributed by atoms with Gasteiger partial charge in [-0.25, -0.2) is 0 Å². The van der Waals surface area contributed by atoms with Crippen LogP contribution in [0, 0.1) is 0 Å². The van der Waals surface area contributed by atoms with E-state index in [9.17, 15) is 4.79 Å². The largest absolute Gasteiger partial charge is 0.493 e. The number of benzene rings is 1. The predicted molar refractivity (Wildman–Crippen MR) is 85.7 cm³/mol. The zero-order valence-electron chi connectivity index (χ0n) is 13.4. The second-order valence-electron chi connectivity index (χ2n) is 4.79. The maximum absolute atomic E-state index is 11.9. The Hall–Kier alpha value is -1.97. The van der Waals surface area contributed by atoms with Gasteiger partial charge >= 0.3 is 0 Å². The van der Waals surface area contributed by atoms with E-state index in [0.717, 1.165) is 24.9 Å². The van der Waals surface area contributed by atoms with Crippen LogP contribution < -0.4 is 9.47 Å². The number of likely N-dealkylation sites (N-methyl/N-ethyl adjacent to an activating group) is 1. The number of hydrogen-bond donors (Lipinski definition) is 0. The Labute approximate surface area is 127 Å². The van der Waals surface area contributed by atoms with E-state index in [4.69, 9.17) is 9.47 Å². The Morgan fingerprint density at radius 1 is 1.29 bits per heavy atom. The van der Waals surface area contributed by atoms with Gasteiger partial charge in [0.2, 0.25) is 5.91 Å². The maximum Gasteiger partial charge on any atom is 0.246 e. The Balaban J connectivity index is 2.73. The van der Waals surface area contributed by atoms with Crippen molar-refractivity contribution in [1.82, 2.24) is 4.90 Å². The summed E-state index contributed by atoms with van der Waals surface area (Å²) in [6, 6.07) is 5.62. The van der Waals surface area contributed by atoms with Crippen LogP contribution in [0.3, 0.4) is 0 Å². The van der Waals surface area contributed by atoms with Crippen LogP contribution in [0.5, 0.6) is 11.5 Å². The summed E-state index contributed by atoms with van der Waals surface area (Å²) in [4.78, 5) is 13.7. The quantitative estimate of drug-likeness (QED) is 0.689. The molecule has 1 amide bonds. The van der Waals surface area contributed by atoms with Crippen molar-refractivity contribution in [2.24, 2.45) is 0 Å². The van der Waals surface area contributed by atoms with E-state index in [0.29, 0.717) is 18.1 Å². The molecule has 0 aromatic heterocycles. The molecule has 0 radical (unpaired) electrons. The molecule has 0 saturated carbocycles. The predicted octanol–water partition coefficient (Wildman–Crippen LogP) is 3.37. The van der Waals surface area contributed by atoms with E-state index in [1.54, 1.807) is 24.2 Å². The van der Waals surface area contributed by atoms with Crippen LogP contribution in [0.2, 0.25) is 0 Å². The van der Waals surface area contributed by atoms with Gasteiger partial charge in [0.05, 0.1) is 13.7 Å². The molecule has 1 aromatic carbocycles. The minimum Gasteiger partial charge on any atom is -0.493 e. The van der Waals surface area contributed by atoms with E-state index in [1.807, 2.05) is 32.2 Å². The fourth-order valence-corrected chi connectivity index (χ4v) is 1.86. The molecule has 0 aliphatic rings. The van der Waals surface area contributed by atoms with Crippen LogP contribution >= 0.6 is 0 Å². The highest BCUT2D eigenvalue weighted by molar-refractivity contribution is 5.91. The fourth-order valence-electron chi connectivity index (χ4n) is 1.86. The summed E-state index contributed by atoms with van der Waals surface area (Å²) in [5.74, 6) is 1.39. The molecule has 0 N–H and O–H groups in total. The minimum atomic E-state index is 0.0105. The molecule has 0 bridgehead atoms. The van der Waals surface area contributed by atoms with Crippen LogP contribution in [0.25, 0.3) is 6.08 Å². The molecule has 0 heterocycles. The monoisotopic (exact) mass is 291 g/mol. The molecule has 1 aromatic rings. The summed E-state index contributed by atoms with van der Waals surface area (Å²) in [6.45, 7) is 5.41. The number of methoxy groups -OCH3 is 1. The zero-order valence-corrected chi connectivity index (χ0v) is 13.4. The molecule has 116 valence electrons. The van der Waals surface area contributed by atoms with Crippen LogP contribution in [0.4, 0.5) is 0 Å². The zero-order chi connectivity index (χ0) is 15.7. The van der Waals surface area contributed by atoms with Gasteiger partial charge in [-0.15, -0.1) is 0 Å². The normalized spacial score (nSPS) is 10.7. The van der Waals surface area contributed by atoms with Gasteiger partial charge in [0.1, 0.15) is 0 Å². The Bertz CT molecular complexity index is 483. The van der Waals surface area contributed by atoms with Crippen molar-refractivity contribution >= 4 is 12.0 Å². The van der Waals surface area contributed by atoms with Crippen molar-refractivity contribution in [3.8, 4) is 11.5 Å². The number of ether oxygens (including phenoxy) is 2. The fraction of sp³-hybridized carbons (Fsp3) is 0.471. The van der Waals surface area contributed by atoms with Crippen LogP contribution in [-0.2, 0) is 4.79 Å². The molecule has 0 aliphatic carbocycles. The summed E-state index contributed by atoms with van der Waals surface area (Å²) in [5.41, 5.74) is 0.910. The Morgan fingerprint density at radius 2 is 2.05 bits per heavy atom. The number of hydrogen-bond acceptors (Lipinski definition) is 3. The lowest BCUT2D eigenvalue weighted by atomic mass is 10.2. The van der Waals surface area contributed by atoms with E-state index < -0.39 is 0 Å². The molecule has 4 nitrogen and oxygen atoms in total. The van der Waals surface area contributed by atoms with Crippen molar-refractivity contribution in [3.63, 3.8) is 0 Å². The third-order valence-corrected chi connectivity index (χ3v) is 3.13. The van der Waals surface area contributed by atoms with E-state index in [2.05, 4.69) is 6.92 Å². The number of nitrogens with zero attached hydrogens (tertiary/aromatic N) is 1. The lowest BCUT2D eigenvalue weighted by Crippen LogP contribution is -2.25. The molecule has 0 unspecified atom stereocenters. The number of amides is 1. The van der Waals surface area contributed by atoms with Crippen molar-refractivity contribution < 1.29 is 14.3 Å². The first-order valence-corrected chi connectivity index (χ1v) is 7.36. The first-order valence-electron chi connectivity index (χ1n) is 7.36. The molecular formula is C17H25NO3. The lowest BCUT2D eigenvalue weighted by molar-refractivity contribution is -0.124. The van der Waals surface area contributed by atoms with Gasteiger partial charge in [0, 0.05) is 19.7 Å². The summed E-state index contributed by atoms with van der Waals surface area (Å²) < 4.78 is 10.8. The van der Waals surface area contributed by atoms with Gasteiger partial charge in [0.15, 0.2) is 11.5 Å². The van der Waals surface area contributed by atoms with Crippen LogP contribution in [0.15, 0.2) is 24.3 Å². The number of carbonyl (C=O) groups excluding carboxylic acids is 1. The summed E-state index contributed by atoms with van der Waals surface area (Å²) in [6.07, 6.45) is 5.48. The first kappa shape index (κ1) is 17.1. The summed E-state index contributed by atoms with van der Waals surface area (Å²) in [5, 5.41) is 0. The molecule has 0 spiro atoms. The lowest BCUT2D eigenvalue weighted by Gasteiger charge is -2.14. The average molecular weight is 291 g/mol. The molecule has 1 rings (SSSR count). The number of rotatable bonds is 8. The van der Waals surface area contributed by atoms with Gasteiger partial charge in [-0.2, -0.15) is 0 Å². The van der Waals surface area contributed by atoms with Crippen molar-refractivity contribution in [3.05, 3.63) is 29.8 Å². The third-order valence-electron chi connectivity index (χ3n) is 3.13. The minimum absolute atomic E-state index is 0.0105. The molecule has 21 heavy (non-hydrogen) atoms. The van der Waals surface area contributed by atoms with Gasteiger partial charge in [-0.1, -0.05) is 19.4 Å². The summed E-state index contributed by atoms with van der Waals surface area (Å²) in [7, 11) is 3.43. The Kier molecular flexibility index (Phi) is 7.37. The molecule has 0 saturated heterocycles. The highest BCUT2D eigenvalue weighted by atomic mass is 16.5. The molecule has 0 fully saturated rings. The highest BCUT2D eigenvalue weighted by Gasteiger charge is 2.06. The van der Waals surface area contributed by atoms with Crippen LogP contribution in [-0.4, -0.2) is 38.1 Å². The summed E-state index contributed by atoms with van der Waals surface area (Å²) >= 11 is 0. The van der Waals surface area contributed by atoms with E-state index in [1.165, 1.54) is 0 Å². The smallest absolute Gasteiger partial charge is 0.246 e.